The van der Waals surface area contributed by atoms with E-state index in [9.17, 15) is 8.78 Å². The summed E-state index contributed by atoms with van der Waals surface area (Å²) in [6, 6.07) is 4.88. The van der Waals surface area contributed by atoms with E-state index in [4.69, 9.17) is 14.2 Å². The highest BCUT2D eigenvalue weighted by Crippen LogP contribution is 2.44. The molecule has 1 aromatic heterocycles. The fourth-order valence-electron chi connectivity index (χ4n) is 2.48. The highest BCUT2D eigenvalue weighted by Gasteiger charge is 2.19. The van der Waals surface area contributed by atoms with Gasteiger partial charge in [0.25, 0.3) is 0 Å². The minimum atomic E-state index is -0.737. The number of fused-ring (bicyclic) bond motifs is 1. The van der Waals surface area contributed by atoms with Crippen LogP contribution in [0.4, 0.5) is 20.3 Å². The Kier molecular flexibility index (Phi) is 4.51. The summed E-state index contributed by atoms with van der Waals surface area (Å²) in [7, 11) is 4.45. The van der Waals surface area contributed by atoms with E-state index in [2.05, 4.69) is 15.3 Å². The van der Waals surface area contributed by atoms with Crippen molar-refractivity contribution >= 4 is 22.4 Å². The summed E-state index contributed by atoms with van der Waals surface area (Å²) in [6.45, 7) is 0. The van der Waals surface area contributed by atoms with Crippen molar-refractivity contribution in [1.29, 1.82) is 0 Å². The van der Waals surface area contributed by atoms with Crippen molar-refractivity contribution in [3.05, 3.63) is 42.2 Å². The highest BCUT2D eigenvalue weighted by molar-refractivity contribution is 5.97. The molecule has 1 N–H and O–H groups in total. The third-order valence-electron chi connectivity index (χ3n) is 3.62. The van der Waals surface area contributed by atoms with Gasteiger partial charge >= 0.3 is 0 Å². The van der Waals surface area contributed by atoms with E-state index in [1.165, 1.54) is 33.7 Å². The van der Waals surface area contributed by atoms with Crippen molar-refractivity contribution in [2.24, 2.45) is 0 Å². The lowest BCUT2D eigenvalue weighted by molar-refractivity contribution is 0.327. The van der Waals surface area contributed by atoms with Crippen LogP contribution < -0.4 is 19.5 Å². The van der Waals surface area contributed by atoms with Crippen LogP contribution >= 0.6 is 0 Å². The first-order valence-electron chi connectivity index (χ1n) is 7.24. The molecule has 0 aliphatic heterocycles. The van der Waals surface area contributed by atoms with Gasteiger partial charge in [0.2, 0.25) is 5.75 Å². The molecule has 6 nitrogen and oxygen atoms in total. The molecule has 0 saturated heterocycles. The quantitative estimate of drug-likeness (QED) is 0.760. The van der Waals surface area contributed by atoms with Gasteiger partial charge in [-0.1, -0.05) is 0 Å². The Morgan fingerprint density at radius 3 is 2.32 bits per heavy atom. The maximum absolute atomic E-state index is 13.9. The predicted molar refractivity (Wildman–Crippen MR) is 88.8 cm³/mol. The lowest BCUT2D eigenvalue weighted by atomic mass is 10.1. The number of ether oxygens (including phenoxy) is 3. The molecule has 0 saturated carbocycles. The standard InChI is InChI=1S/C17H15F2N3O3/c1-23-13-7-10-14(16(25-3)15(13)24-2)20-8-21-17(10)22-12-5-4-9(18)6-11(12)19/h4-8H,1-3H3,(H,20,21,22). The topological polar surface area (TPSA) is 65.5 Å². The minimum absolute atomic E-state index is 0.0788. The van der Waals surface area contributed by atoms with Gasteiger partial charge in [-0.05, 0) is 18.2 Å². The Balaban J connectivity index is 2.19. The number of nitrogens with zero attached hydrogens (tertiary/aromatic N) is 2. The summed E-state index contributed by atoms with van der Waals surface area (Å²) < 4.78 is 43.0. The van der Waals surface area contributed by atoms with Crippen molar-refractivity contribution in [2.75, 3.05) is 26.6 Å². The van der Waals surface area contributed by atoms with Gasteiger partial charge in [-0.2, -0.15) is 0 Å². The molecule has 0 radical (unpaired) electrons. The molecule has 0 bridgehead atoms. The van der Waals surface area contributed by atoms with Crippen LogP contribution in [0.2, 0.25) is 0 Å². The molecule has 3 rings (SSSR count). The van der Waals surface area contributed by atoms with Crippen molar-refractivity contribution in [3.8, 4) is 17.2 Å². The van der Waals surface area contributed by atoms with E-state index in [-0.39, 0.29) is 5.69 Å². The molecule has 8 heteroatoms. The first-order chi connectivity index (χ1) is 12.1. The van der Waals surface area contributed by atoms with Gasteiger partial charge < -0.3 is 19.5 Å². The third kappa shape index (κ3) is 2.98. The lowest BCUT2D eigenvalue weighted by Gasteiger charge is -2.16. The zero-order valence-corrected chi connectivity index (χ0v) is 13.8. The number of halogens is 2. The number of hydrogen-bond acceptors (Lipinski definition) is 6. The molecule has 0 unspecified atom stereocenters. The van der Waals surface area contributed by atoms with Crippen LogP contribution in [-0.2, 0) is 0 Å². The first-order valence-corrected chi connectivity index (χ1v) is 7.24. The van der Waals surface area contributed by atoms with Crippen LogP contribution in [0, 0.1) is 11.6 Å². The molecule has 130 valence electrons. The molecule has 0 spiro atoms. The molecule has 0 atom stereocenters. The van der Waals surface area contributed by atoms with E-state index in [0.717, 1.165) is 12.1 Å². The molecular weight excluding hydrogens is 332 g/mol. The number of methoxy groups -OCH3 is 3. The molecule has 0 aliphatic rings. The number of nitrogens with one attached hydrogen (secondary N) is 1. The van der Waals surface area contributed by atoms with Gasteiger partial charge in [0, 0.05) is 6.07 Å². The number of benzene rings is 2. The monoisotopic (exact) mass is 347 g/mol. The summed E-state index contributed by atoms with van der Waals surface area (Å²) in [5, 5.41) is 3.37. The Labute approximate surface area is 142 Å². The van der Waals surface area contributed by atoms with Gasteiger partial charge in [-0.3, -0.25) is 0 Å². The zero-order valence-electron chi connectivity index (χ0n) is 13.8. The molecule has 2 aromatic carbocycles. The van der Waals surface area contributed by atoms with Gasteiger partial charge in [0.1, 0.15) is 29.3 Å². The minimum Gasteiger partial charge on any atom is -0.493 e. The van der Waals surface area contributed by atoms with Crippen LogP contribution in [0.5, 0.6) is 17.2 Å². The van der Waals surface area contributed by atoms with Crippen LogP contribution in [0.3, 0.4) is 0 Å². The number of aromatic nitrogens is 2. The maximum Gasteiger partial charge on any atom is 0.205 e. The number of hydrogen-bond donors (Lipinski definition) is 1. The summed E-state index contributed by atoms with van der Waals surface area (Å²) >= 11 is 0. The Bertz CT molecular complexity index is 935. The van der Waals surface area contributed by atoms with Gasteiger partial charge in [0.15, 0.2) is 11.5 Å². The van der Waals surface area contributed by atoms with Crippen molar-refractivity contribution < 1.29 is 23.0 Å². The second kappa shape index (κ2) is 6.76. The highest BCUT2D eigenvalue weighted by atomic mass is 19.1. The smallest absolute Gasteiger partial charge is 0.205 e. The van der Waals surface area contributed by atoms with Crippen molar-refractivity contribution in [1.82, 2.24) is 9.97 Å². The van der Waals surface area contributed by atoms with Crippen LogP contribution in [0.15, 0.2) is 30.6 Å². The van der Waals surface area contributed by atoms with E-state index in [1.807, 2.05) is 0 Å². The molecule has 0 aliphatic carbocycles. The predicted octanol–water partition coefficient (Wildman–Crippen LogP) is 3.68. The zero-order chi connectivity index (χ0) is 18.0. The molecular formula is C17H15F2N3O3. The van der Waals surface area contributed by atoms with E-state index in [1.54, 1.807) is 6.07 Å². The molecule has 25 heavy (non-hydrogen) atoms. The average molecular weight is 347 g/mol. The normalized spacial score (nSPS) is 10.6. The first kappa shape index (κ1) is 16.7. The fourth-order valence-corrected chi connectivity index (χ4v) is 2.48. The second-order valence-electron chi connectivity index (χ2n) is 5.01. The van der Waals surface area contributed by atoms with E-state index < -0.39 is 11.6 Å². The Hall–Kier alpha value is -3.16. The second-order valence-corrected chi connectivity index (χ2v) is 5.01. The summed E-state index contributed by atoms with van der Waals surface area (Å²) in [5.74, 6) is 0.0684. The third-order valence-corrected chi connectivity index (χ3v) is 3.62. The Morgan fingerprint density at radius 1 is 0.920 bits per heavy atom. The molecule has 0 fully saturated rings. The summed E-state index contributed by atoms with van der Waals surface area (Å²) in [6.07, 6.45) is 1.31. The maximum atomic E-state index is 13.9. The van der Waals surface area contributed by atoms with E-state index in [0.29, 0.717) is 34.0 Å². The fraction of sp³-hybridized carbons (Fsp3) is 0.176. The van der Waals surface area contributed by atoms with Crippen LogP contribution in [-0.4, -0.2) is 31.3 Å². The van der Waals surface area contributed by atoms with Crippen molar-refractivity contribution in [3.63, 3.8) is 0 Å². The van der Waals surface area contributed by atoms with Gasteiger partial charge in [0.05, 0.1) is 32.4 Å². The van der Waals surface area contributed by atoms with Crippen molar-refractivity contribution in [2.45, 2.75) is 0 Å². The van der Waals surface area contributed by atoms with Gasteiger partial charge in [-0.25, -0.2) is 18.7 Å². The number of anilines is 2. The molecule has 0 amide bonds. The number of rotatable bonds is 5. The Morgan fingerprint density at radius 2 is 1.68 bits per heavy atom. The summed E-state index contributed by atoms with van der Waals surface area (Å²) in [5.41, 5.74) is 0.537. The summed E-state index contributed by atoms with van der Waals surface area (Å²) in [4.78, 5) is 8.35. The molecule has 1 heterocycles. The molecule has 3 aromatic rings. The van der Waals surface area contributed by atoms with Gasteiger partial charge in [-0.15, -0.1) is 0 Å². The van der Waals surface area contributed by atoms with Crippen LogP contribution in [0.25, 0.3) is 10.9 Å². The van der Waals surface area contributed by atoms with Crippen LogP contribution in [0.1, 0.15) is 0 Å². The largest absolute Gasteiger partial charge is 0.493 e. The average Bonchev–Trinajstić information content (AvgIpc) is 2.62. The van der Waals surface area contributed by atoms with E-state index >= 15 is 0 Å². The lowest BCUT2D eigenvalue weighted by Crippen LogP contribution is -2.01. The SMILES string of the molecule is COc1cc2c(Nc3ccc(F)cc3F)ncnc2c(OC)c1OC.